The summed E-state index contributed by atoms with van der Waals surface area (Å²) in [7, 11) is 5.51. The normalized spacial score (nSPS) is 11.5. The van der Waals surface area contributed by atoms with E-state index in [0.717, 1.165) is 44.5 Å². The lowest BCUT2D eigenvalue weighted by Gasteiger charge is -2.28. The molecule has 206 valence electrons. The third-order valence-corrected chi connectivity index (χ3v) is 11.2. The molecule has 0 aliphatic rings. The zero-order valence-electron chi connectivity index (χ0n) is 23.4. The number of carbonyl (C=O) groups excluding carboxylic acids is 1. The summed E-state index contributed by atoms with van der Waals surface area (Å²) in [5, 5.41) is 3.27. The van der Waals surface area contributed by atoms with Gasteiger partial charge in [-0.25, -0.2) is 4.79 Å². The van der Waals surface area contributed by atoms with Gasteiger partial charge in [0, 0.05) is 0 Å². The molecule has 0 radical (unpaired) electrons. The van der Waals surface area contributed by atoms with Crippen LogP contribution in [0.2, 0.25) is 0 Å². The third-order valence-electron chi connectivity index (χ3n) is 6.85. The highest BCUT2D eigenvalue weighted by atomic mass is 31.2. The van der Waals surface area contributed by atoms with Crippen LogP contribution in [0.25, 0.3) is 6.08 Å². The van der Waals surface area contributed by atoms with Gasteiger partial charge in [-0.15, -0.1) is 0 Å². The average Bonchev–Trinajstić information content (AvgIpc) is 3.03. The lowest BCUT2D eigenvalue weighted by Crippen LogP contribution is -2.35. The highest BCUT2D eigenvalue weighted by Gasteiger charge is 2.47. The number of hydrogen-bond acceptors (Lipinski definition) is 6. The largest absolute Gasteiger partial charge is 0.497 e. The number of benzene rings is 4. The van der Waals surface area contributed by atoms with Gasteiger partial charge in [0.25, 0.3) is 0 Å². The van der Waals surface area contributed by atoms with Gasteiger partial charge in [0.15, 0.2) is 0 Å². The summed E-state index contributed by atoms with van der Waals surface area (Å²) in [6, 6.07) is 31.9. The Hall–Kier alpha value is -4.28. The highest BCUT2D eigenvalue weighted by molar-refractivity contribution is 7.95. The van der Waals surface area contributed by atoms with Crippen molar-refractivity contribution < 1.29 is 28.5 Å². The number of esters is 1. The van der Waals surface area contributed by atoms with Crippen molar-refractivity contribution in [1.82, 2.24) is 0 Å². The Kier molecular flexibility index (Phi) is 9.47. The fraction of sp³-hybridized carbons (Fsp3) is 0.182. The molecule has 0 bridgehead atoms. The maximum absolute atomic E-state index is 13.4. The van der Waals surface area contributed by atoms with E-state index in [2.05, 4.69) is 36.4 Å². The Labute approximate surface area is 236 Å². The molecule has 0 unspecified atom stereocenters. The molecule has 0 amide bonds. The van der Waals surface area contributed by atoms with Crippen LogP contribution < -0.4 is 34.9 Å². The summed E-state index contributed by atoms with van der Waals surface area (Å²) in [6.07, 6.45) is 2.33. The van der Waals surface area contributed by atoms with E-state index in [-0.39, 0.29) is 5.97 Å². The van der Waals surface area contributed by atoms with Crippen LogP contribution >= 0.6 is 7.26 Å². The zero-order chi connectivity index (χ0) is 28.5. The fourth-order valence-corrected chi connectivity index (χ4v) is 8.84. The molecular weight excluding hydrogens is 523 g/mol. The van der Waals surface area contributed by atoms with Crippen LogP contribution in [0.4, 0.5) is 0 Å². The summed E-state index contributed by atoms with van der Waals surface area (Å²) in [4.78, 5) is 13.4. The van der Waals surface area contributed by atoms with Crippen molar-refractivity contribution in [2.24, 2.45) is 0 Å². The number of rotatable bonds is 11. The maximum Gasteiger partial charge on any atom is 0.337 e. The van der Waals surface area contributed by atoms with Gasteiger partial charge in [-0.3, -0.25) is 0 Å². The van der Waals surface area contributed by atoms with Crippen LogP contribution in [0.15, 0.2) is 103 Å². The Balaban J connectivity index is 2.00. The van der Waals surface area contributed by atoms with Crippen LogP contribution in [-0.2, 0) is 9.53 Å². The van der Waals surface area contributed by atoms with E-state index in [0.29, 0.717) is 11.7 Å². The molecule has 0 atom stereocenters. The Morgan fingerprint density at radius 2 is 0.875 bits per heavy atom. The van der Waals surface area contributed by atoms with Crippen LogP contribution in [0.3, 0.4) is 0 Å². The van der Waals surface area contributed by atoms with Gasteiger partial charge in [-0.1, -0.05) is 12.1 Å². The Bertz CT molecular complexity index is 1310. The maximum atomic E-state index is 13.4. The van der Waals surface area contributed by atoms with Crippen molar-refractivity contribution in [2.75, 3.05) is 41.7 Å². The summed E-state index contributed by atoms with van der Waals surface area (Å²) < 4.78 is 27.1. The molecule has 0 N–H and O–H groups in total. The topological polar surface area (TPSA) is 63.2 Å². The van der Waals surface area contributed by atoms with Gasteiger partial charge in [-0.2, -0.15) is 0 Å². The van der Waals surface area contributed by atoms with Gasteiger partial charge < -0.3 is 23.7 Å². The Morgan fingerprint density at radius 3 is 1.18 bits per heavy atom. The van der Waals surface area contributed by atoms with E-state index < -0.39 is 7.26 Å². The molecule has 0 heterocycles. The average molecular weight is 558 g/mol. The number of methoxy groups -OCH3 is 5. The van der Waals surface area contributed by atoms with Crippen molar-refractivity contribution in [2.45, 2.75) is 0 Å². The first-order chi connectivity index (χ1) is 19.5. The molecule has 4 aromatic carbocycles. The minimum Gasteiger partial charge on any atom is -0.497 e. The van der Waals surface area contributed by atoms with Crippen LogP contribution in [0.1, 0.15) is 5.56 Å². The highest BCUT2D eigenvalue weighted by Crippen LogP contribution is 2.57. The zero-order valence-corrected chi connectivity index (χ0v) is 24.3. The second-order valence-corrected chi connectivity index (χ2v) is 12.5. The minimum atomic E-state index is -2.48. The summed E-state index contributed by atoms with van der Waals surface area (Å²) in [6.45, 7) is 0. The first kappa shape index (κ1) is 28.7. The van der Waals surface area contributed by atoms with E-state index in [9.17, 15) is 4.79 Å². The molecule has 40 heavy (non-hydrogen) atoms. The van der Waals surface area contributed by atoms with Crippen LogP contribution in [0.5, 0.6) is 23.0 Å². The molecule has 0 fully saturated rings. The van der Waals surface area contributed by atoms with Crippen LogP contribution in [-0.4, -0.2) is 47.7 Å². The first-order valence-electron chi connectivity index (χ1n) is 12.7. The van der Waals surface area contributed by atoms with Gasteiger partial charge in [0.2, 0.25) is 0 Å². The van der Waals surface area contributed by atoms with Crippen LogP contribution in [0, 0.1) is 0 Å². The summed E-state index contributed by atoms with van der Waals surface area (Å²) in [5.41, 5.74) is 1.43. The first-order valence-corrected chi connectivity index (χ1v) is 14.7. The molecule has 0 saturated carbocycles. The van der Waals surface area contributed by atoms with E-state index >= 15 is 0 Å². The Morgan fingerprint density at radius 1 is 0.550 bits per heavy atom. The van der Waals surface area contributed by atoms with Gasteiger partial charge in [-0.05, 0) is 96.6 Å². The van der Waals surface area contributed by atoms with Gasteiger partial charge >= 0.3 is 5.97 Å². The molecular formula is C33H34O6P+. The molecule has 0 spiro atoms. The summed E-state index contributed by atoms with van der Waals surface area (Å²) in [5.74, 6) is 2.64. The molecule has 4 rings (SSSR count). The second-order valence-electron chi connectivity index (χ2n) is 9.00. The van der Waals surface area contributed by atoms with E-state index in [1.54, 1.807) is 28.4 Å². The molecule has 0 aromatic heterocycles. The van der Waals surface area contributed by atoms with Gasteiger partial charge in [0.05, 0.1) is 41.1 Å². The van der Waals surface area contributed by atoms with Crippen molar-refractivity contribution >= 4 is 35.2 Å². The van der Waals surface area contributed by atoms with Gasteiger partial charge in [0.1, 0.15) is 52.3 Å². The van der Waals surface area contributed by atoms with E-state index in [1.807, 2.05) is 66.7 Å². The number of carbonyl (C=O) groups is 1. The molecule has 0 aliphatic carbocycles. The van der Waals surface area contributed by atoms with Crippen molar-refractivity contribution in [1.29, 1.82) is 0 Å². The van der Waals surface area contributed by atoms with Crippen molar-refractivity contribution in [3.63, 3.8) is 0 Å². The van der Waals surface area contributed by atoms with Crippen molar-refractivity contribution in [3.05, 3.63) is 108 Å². The standard InChI is InChI=1S/C33H34O6P/c1-35-26-8-6-24(7-9-26)22-25(33(34)39-5)23-40(30-16-10-27(36-2)11-17-30,31-18-12-28(37-3)13-19-31)32-20-14-29(38-4)15-21-32/h6-22H,23H2,1-5H3/q+1/b25-22+. The minimum absolute atomic E-state index is 0.379. The predicted molar refractivity (Wildman–Crippen MR) is 163 cm³/mol. The van der Waals surface area contributed by atoms with E-state index in [4.69, 9.17) is 23.7 Å². The third kappa shape index (κ3) is 6.13. The number of ether oxygens (including phenoxy) is 5. The number of hydrogen-bond donors (Lipinski definition) is 0. The lowest BCUT2D eigenvalue weighted by molar-refractivity contribution is -0.135. The quantitative estimate of drug-likeness (QED) is 0.142. The second kappa shape index (κ2) is 13.2. The predicted octanol–water partition coefficient (Wildman–Crippen LogP) is 5.27. The smallest absolute Gasteiger partial charge is 0.337 e. The molecule has 0 saturated heterocycles. The SMILES string of the molecule is COC(=O)/C(=C/c1ccc(OC)cc1)C[P+](c1ccc(OC)cc1)(c1ccc(OC)cc1)c1ccc(OC)cc1. The molecule has 6 nitrogen and oxygen atoms in total. The monoisotopic (exact) mass is 557 g/mol. The molecule has 7 heteroatoms. The lowest BCUT2D eigenvalue weighted by atomic mass is 10.1. The molecule has 0 aliphatic heterocycles. The van der Waals surface area contributed by atoms with Crippen molar-refractivity contribution in [3.8, 4) is 23.0 Å². The summed E-state index contributed by atoms with van der Waals surface area (Å²) >= 11 is 0. The molecule has 4 aromatic rings. The van der Waals surface area contributed by atoms with E-state index in [1.165, 1.54) is 7.11 Å². The fourth-order valence-electron chi connectivity index (χ4n) is 4.69.